The fourth-order valence-corrected chi connectivity index (χ4v) is 9.29. The normalized spacial score (nSPS) is 12.7. The van der Waals surface area contributed by atoms with E-state index in [0.717, 1.165) is 50.1 Å². The molecule has 9 aromatic carbocycles. The van der Waals surface area contributed by atoms with Crippen LogP contribution >= 0.6 is 0 Å². The van der Waals surface area contributed by atoms with Crippen LogP contribution in [0.1, 0.15) is 25.0 Å². The van der Waals surface area contributed by atoms with Gasteiger partial charge in [-0.2, -0.15) is 0 Å². The number of benzene rings is 9. The summed E-state index contributed by atoms with van der Waals surface area (Å²) in [4.78, 5) is 2.36. The van der Waals surface area contributed by atoms with Gasteiger partial charge in [0, 0.05) is 33.2 Å². The van der Waals surface area contributed by atoms with Crippen molar-refractivity contribution in [3.63, 3.8) is 0 Å². The van der Waals surface area contributed by atoms with Crippen LogP contribution < -0.4 is 4.90 Å². The lowest BCUT2D eigenvalue weighted by molar-refractivity contribution is 0.660. The molecular weight excluding hydrogens is 715 g/mol. The van der Waals surface area contributed by atoms with E-state index in [0.29, 0.717) is 0 Å². The molecule has 0 atom stereocenters. The molecule has 11 rings (SSSR count). The van der Waals surface area contributed by atoms with Crippen molar-refractivity contribution in [2.45, 2.75) is 19.3 Å². The molecular formula is C57H41NO. The summed E-state index contributed by atoms with van der Waals surface area (Å²) >= 11 is 0. The summed E-state index contributed by atoms with van der Waals surface area (Å²) in [7, 11) is 0. The largest absolute Gasteiger partial charge is 0.456 e. The molecule has 2 heteroatoms. The summed E-state index contributed by atoms with van der Waals surface area (Å²) in [6.45, 7) is 4.67. The van der Waals surface area contributed by atoms with Crippen LogP contribution in [0.2, 0.25) is 0 Å². The van der Waals surface area contributed by atoms with Crippen molar-refractivity contribution in [1.82, 2.24) is 0 Å². The van der Waals surface area contributed by atoms with E-state index in [-0.39, 0.29) is 5.41 Å². The number of anilines is 3. The zero-order valence-corrected chi connectivity index (χ0v) is 33.1. The zero-order chi connectivity index (χ0) is 39.5. The highest BCUT2D eigenvalue weighted by Crippen LogP contribution is 2.49. The molecule has 1 aromatic heterocycles. The highest BCUT2D eigenvalue weighted by atomic mass is 16.3. The van der Waals surface area contributed by atoms with Gasteiger partial charge in [0.05, 0.1) is 0 Å². The second kappa shape index (κ2) is 13.9. The van der Waals surface area contributed by atoms with Crippen molar-refractivity contribution in [3.8, 4) is 55.6 Å². The predicted octanol–water partition coefficient (Wildman–Crippen LogP) is 16.0. The van der Waals surface area contributed by atoms with Crippen LogP contribution in [0.25, 0.3) is 77.6 Å². The quantitative estimate of drug-likeness (QED) is 0.161. The molecule has 10 aromatic rings. The number of nitrogens with zero attached hydrogens (tertiary/aromatic N) is 1. The lowest BCUT2D eigenvalue weighted by Gasteiger charge is -2.27. The molecule has 0 saturated heterocycles. The third kappa shape index (κ3) is 5.96. The average molecular weight is 756 g/mol. The van der Waals surface area contributed by atoms with Gasteiger partial charge < -0.3 is 9.32 Å². The van der Waals surface area contributed by atoms with Crippen molar-refractivity contribution < 1.29 is 4.42 Å². The molecule has 0 unspecified atom stereocenters. The summed E-state index contributed by atoms with van der Waals surface area (Å²) in [5, 5.41) is 2.26. The summed E-state index contributed by atoms with van der Waals surface area (Å²) < 4.78 is 6.29. The van der Waals surface area contributed by atoms with Crippen LogP contribution in [0.15, 0.2) is 217 Å². The van der Waals surface area contributed by atoms with Gasteiger partial charge in [0.15, 0.2) is 0 Å². The van der Waals surface area contributed by atoms with Crippen molar-refractivity contribution >= 4 is 39.0 Å². The maximum Gasteiger partial charge on any atom is 0.136 e. The molecule has 1 heterocycles. The molecule has 1 aliphatic carbocycles. The Labute approximate surface area is 345 Å². The van der Waals surface area contributed by atoms with E-state index in [1.165, 1.54) is 55.6 Å². The summed E-state index contributed by atoms with van der Waals surface area (Å²) in [6.07, 6.45) is 0. The number of hydrogen-bond donors (Lipinski definition) is 0. The fraction of sp³-hybridized carbons (Fsp3) is 0.0526. The number of hydrogen-bond acceptors (Lipinski definition) is 2. The van der Waals surface area contributed by atoms with Gasteiger partial charge in [-0.15, -0.1) is 0 Å². The molecule has 0 N–H and O–H groups in total. The molecule has 0 spiro atoms. The van der Waals surface area contributed by atoms with Gasteiger partial charge in [-0.3, -0.25) is 0 Å². The molecule has 0 saturated carbocycles. The Morgan fingerprint density at radius 2 is 0.847 bits per heavy atom. The lowest BCUT2D eigenvalue weighted by Crippen LogP contribution is -2.14. The van der Waals surface area contributed by atoms with Crippen LogP contribution in [0.4, 0.5) is 17.1 Å². The molecule has 0 amide bonds. The van der Waals surface area contributed by atoms with E-state index in [9.17, 15) is 0 Å². The van der Waals surface area contributed by atoms with E-state index in [1.807, 2.05) is 12.1 Å². The van der Waals surface area contributed by atoms with Gasteiger partial charge in [0.25, 0.3) is 0 Å². The third-order valence-electron chi connectivity index (χ3n) is 12.3. The monoisotopic (exact) mass is 755 g/mol. The maximum absolute atomic E-state index is 6.29. The number of rotatable bonds is 7. The molecule has 0 radical (unpaired) electrons. The number of para-hydroxylation sites is 1. The minimum atomic E-state index is 0.00774. The van der Waals surface area contributed by atoms with E-state index >= 15 is 0 Å². The Morgan fingerprint density at radius 3 is 1.63 bits per heavy atom. The van der Waals surface area contributed by atoms with E-state index in [4.69, 9.17) is 4.42 Å². The molecule has 2 nitrogen and oxygen atoms in total. The average Bonchev–Trinajstić information content (AvgIpc) is 3.79. The first-order chi connectivity index (χ1) is 29.0. The van der Waals surface area contributed by atoms with Gasteiger partial charge in [0.2, 0.25) is 0 Å². The smallest absolute Gasteiger partial charge is 0.136 e. The zero-order valence-electron chi connectivity index (χ0n) is 33.1. The summed E-state index contributed by atoms with van der Waals surface area (Å²) in [5.41, 5.74) is 20.0. The standard InChI is InChI=1S/C57H41NO/c1-57(2)52-22-8-6-19-49(52)51-37-43(31-34-53(51)57)41-27-25-39(26-28-41)40-29-32-45(33-30-40)58(46-17-10-15-42(35-46)38-13-4-3-5-14-38)47-18-11-16-44(36-47)48-21-12-24-55-56(48)50-20-7-9-23-54(50)59-55/h3-37H,1-2H3. The number of fused-ring (bicyclic) bond motifs is 6. The second-order valence-electron chi connectivity index (χ2n) is 16.1. The van der Waals surface area contributed by atoms with E-state index < -0.39 is 0 Å². The first-order valence-corrected chi connectivity index (χ1v) is 20.4. The Morgan fingerprint density at radius 1 is 0.339 bits per heavy atom. The fourth-order valence-electron chi connectivity index (χ4n) is 9.29. The van der Waals surface area contributed by atoms with Crippen molar-refractivity contribution in [1.29, 1.82) is 0 Å². The highest BCUT2D eigenvalue weighted by Gasteiger charge is 2.35. The molecule has 280 valence electrons. The van der Waals surface area contributed by atoms with Crippen LogP contribution in [0.3, 0.4) is 0 Å². The molecule has 0 fully saturated rings. The van der Waals surface area contributed by atoms with Crippen LogP contribution in [0.5, 0.6) is 0 Å². The first kappa shape index (κ1) is 34.8. The Kier molecular flexibility index (Phi) is 8.20. The van der Waals surface area contributed by atoms with Gasteiger partial charge in [-0.05, 0) is 121 Å². The van der Waals surface area contributed by atoms with Crippen molar-refractivity contribution in [3.05, 3.63) is 223 Å². The van der Waals surface area contributed by atoms with Gasteiger partial charge in [-0.1, -0.05) is 172 Å². The Hall–Kier alpha value is -7.42. The number of furan rings is 1. The minimum Gasteiger partial charge on any atom is -0.456 e. The molecule has 0 bridgehead atoms. The molecule has 59 heavy (non-hydrogen) atoms. The maximum atomic E-state index is 6.29. The lowest BCUT2D eigenvalue weighted by atomic mass is 9.82. The molecule has 1 aliphatic rings. The highest BCUT2D eigenvalue weighted by molar-refractivity contribution is 6.12. The Bertz CT molecular complexity index is 3170. The minimum absolute atomic E-state index is 0.00774. The first-order valence-electron chi connectivity index (χ1n) is 20.4. The second-order valence-corrected chi connectivity index (χ2v) is 16.1. The van der Waals surface area contributed by atoms with Crippen LogP contribution in [-0.2, 0) is 5.41 Å². The van der Waals surface area contributed by atoms with Crippen molar-refractivity contribution in [2.24, 2.45) is 0 Å². The topological polar surface area (TPSA) is 16.4 Å². The van der Waals surface area contributed by atoms with Crippen LogP contribution in [-0.4, -0.2) is 0 Å². The summed E-state index contributed by atoms with van der Waals surface area (Å²) in [6, 6.07) is 76.8. The SMILES string of the molecule is CC1(C)c2ccccc2-c2cc(-c3ccc(-c4ccc(N(c5cccc(-c6ccccc6)c5)c5cccc(-c6cccc7oc8ccccc8c67)c5)cc4)cc3)ccc21. The van der Waals surface area contributed by atoms with E-state index in [2.05, 4.69) is 219 Å². The predicted molar refractivity (Wildman–Crippen MR) is 248 cm³/mol. The Balaban J connectivity index is 0.958. The van der Waals surface area contributed by atoms with Gasteiger partial charge in [-0.25, -0.2) is 0 Å². The van der Waals surface area contributed by atoms with E-state index in [1.54, 1.807) is 0 Å². The third-order valence-corrected chi connectivity index (χ3v) is 12.3. The van der Waals surface area contributed by atoms with Gasteiger partial charge >= 0.3 is 0 Å². The molecule has 0 aliphatic heterocycles. The summed E-state index contributed by atoms with van der Waals surface area (Å²) in [5.74, 6) is 0. The van der Waals surface area contributed by atoms with Crippen molar-refractivity contribution in [2.75, 3.05) is 4.90 Å². The van der Waals surface area contributed by atoms with Gasteiger partial charge in [0.1, 0.15) is 11.2 Å². The van der Waals surface area contributed by atoms with Crippen LogP contribution in [0, 0.1) is 0 Å².